The number of thiazole rings is 1. The van der Waals surface area contributed by atoms with Gasteiger partial charge in [0, 0.05) is 11.6 Å². The van der Waals surface area contributed by atoms with Gasteiger partial charge in [-0.3, -0.25) is 0 Å². The highest BCUT2D eigenvalue weighted by molar-refractivity contribution is 7.15. The van der Waals surface area contributed by atoms with Crippen molar-refractivity contribution in [3.8, 4) is 0 Å². The second kappa shape index (κ2) is 5.99. The number of alkyl halides is 3. The first-order chi connectivity index (χ1) is 9.36. The topological polar surface area (TPSA) is 45.1 Å². The van der Waals surface area contributed by atoms with Crippen molar-refractivity contribution >= 4 is 28.1 Å². The molecule has 1 aromatic heterocycles. The molecule has 2 aromatic rings. The Balaban J connectivity index is 1.95. The average Bonchev–Trinajstić information content (AvgIpc) is 2.85. The van der Waals surface area contributed by atoms with Gasteiger partial charge in [0.05, 0.1) is 12.3 Å². The summed E-state index contributed by atoms with van der Waals surface area (Å²) in [6, 6.07) is 6.56. The maximum Gasteiger partial charge on any atom is 0.427 e. The predicted octanol–water partition coefficient (Wildman–Crippen LogP) is 3.96. The molecule has 2 N–H and O–H groups in total. The summed E-state index contributed by atoms with van der Waals surface area (Å²) in [7, 11) is 0. The van der Waals surface area contributed by atoms with Gasteiger partial charge in [-0.1, -0.05) is 35.1 Å². The van der Waals surface area contributed by atoms with Crippen LogP contribution in [0.5, 0.6) is 0 Å². The lowest BCUT2D eigenvalue weighted by atomic mass is 10.1. The Morgan fingerprint density at radius 3 is 2.50 bits per heavy atom. The zero-order chi connectivity index (χ0) is 14.8. The Labute approximate surface area is 122 Å². The van der Waals surface area contributed by atoms with E-state index in [4.69, 9.17) is 11.6 Å². The number of aliphatic hydroxyl groups excluding tert-OH is 1. The van der Waals surface area contributed by atoms with Gasteiger partial charge in [0.1, 0.15) is 4.88 Å². The number of halogens is 4. The third-order valence-corrected chi connectivity index (χ3v) is 3.74. The summed E-state index contributed by atoms with van der Waals surface area (Å²) in [5, 5.41) is 13.2. The Morgan fingerprint density at radius 2 is 1.95 bits per heavy atom. The van der Waals surface area contributed by atoms with Crippen LogP contribution in [0, 0.1) is 0 Å². The van der Waals surface area contributed by atoms with Crippen LogP contribution in [0.3, 0.4) is 0 Å². The molecule has 1 unspecified atom stereocenters. The number of aliphatic hydroxyl groups is 1. The van der Waals surface area contributed by atoms with Gasteiger partial charge in [-0.25, -0.2) is 4.98 Å². The van der Waals surface area contributed by atoms with Gasteiger partial charge in [-0.2, -0.15) is 13.2 Å². The van der Waals surface area contributed by atoms with Crippen molar-refractivity contribution in [1.29, 1.82) is 0 Å². The van der Waals surface area contributed by atoms with Gasteiger partial charge in [0.15, 0.2) is 5.13 Å². The fraction of sp³-hybridized carbons (Fsp3) is 0.250. The van der Waals surface area contributed by atoms with Gasteiger partial charge in [0.25, 0.3) is 0 Å². The summed E-state index contributed by atoms with van der Waals surface area (Å²) in [4.78, 5) is 2.84. The SMILES string of the molecule is OC(CNc1ncc(C(F)(F)F)s1)c1ccc(Cl)cc1. The fourth-order valence-corrected chi connectivity index (χ4v) is 2.29. The molecule has 1 atom stereocenters. The van der Waals surface area contributed by atoms with Crippen LogP contribution in [0.2, 0.25) is 5.02 Å². The number of aromatic nitrogens is 1. The average molecular weight is 323 g/mol. The molecule has 0 fully saturated rings. The van der Waals surface area contributed by atoms with E-state index >= 15 is 0 Å². The number of anilines is 1. The second-order valence-corrected chi connectivity index (χ2v) is 5.44. The lowest BCUT2D eigenvalue weighted by Gasteiger charge is -2.11. The van der Waals surface area contributed by atoms with E-state index in [0.29, 0.717) is 21.9 Å². The van der Waals surface area contributed by atoms with E-state index in [0.717, 1.165) is 6.20 Å². The van der Waals surface area contributed by atoms with Crippen LogP contribution in [0.25, 0.3) is 0 Å². The Hall–Kier alpha value is -1.31. The second-order valence-electron chi connectivity index (χ2n) is 3.98. The van der Waals surface area contributed by atoms with Crippen molar-refractivity contribution in [3.63, 3.8) is 0 Å². The minimum absolute atomic E-state index is 0.0619. The van der Waals surface area contributed by atoms with Crippen LogP contribution < -0.4 is 5.32 Å². The first kappa shape index (κ1) is 15.1. The lowest BCUT2D eigenvalue weighted by molar-refractivity contribution is -0.134. The minimum Gasteiger partial charge on any atom is -0.387 e. The predicted molar refractivity (Wildman–Crippen MR) is 72.0 cm³/mol. The molecule has 3 nitrogen and oxygen atoms in total. The van der Waals surface area contributed by atoms with Crippen molar-refractivity contribution in [3.05, 3.63) is 45.9 Å². The summed E-state index contributed by atoms with van der Waals surface area (Å²) in [5.41, 5.74) is 0.620. The zero-order valence-corrected chi connectivity index (χ0v) is 11.6. The Morgan fingerprint density at radius 1 is 1.30 bits per heavy atom. The van der Waals surface area contributed by atoms with Crippen LogP contribution in [-0.4, -0.2) is 16.6 Å². The van der Waals surface area contributed by atoms with Gasteiger partial charge in [0.2, 0.25) is 0 Å². The van der Waals surface area contributed by atoms with Crippen LogP contribution in [-0.2, 0) is 6.18 Å². The monoisotopic (exact) mass is 322 g/mol. The Bertz CT molecular complexity index is 571. The zero-order valence-electron chi connectivity index (χ0n) is 9.99. The molecule has 0 radical (unpaired) electrons. The van der Waals surface area contributed by atoms with Gasteiger partial charge in [-0.05, 0) is 17.7 Å². The maximum absolute atomic E-state index is 12.4. The lowest BCUT2D eigenvalue weighted by Crippen LogP contribution is -2.11. The number of nitrogens with one attached hydrogen (secondary N) is 1. The van der Waals surface area contributed by atoms with Gasteiger partial charge in [-0.15, -0.1) is 0 Å². The van der Waals surface area contributed by atoms with E-state index in [1.807, 2.05) is 0 Å². The smallest absolute Gasteiger partial charge is 0.387 e. The van der Waals surface area contributed by atoms with Crippen molar-refractivity contribution in [2.24, 2.45) is 0 Å². The normalized spacial score (nSPS) is 13.2. The van der Waals surface area contributed by atoms with E-state index in [-0.39, 0.29) is 11.7 Å². The summed E-state index contributed by atoms with van der Waals surface area (Å²) < 4.78 is 37.2. The fourth-order valence-electron chi connectivity index (χ4n) is 1.47. The minimum atomic E-state index is -4.40. The molecule has 0 aliphatic rings. The summed E-state index contributed by atoms with van der Waals surface area (Å²) in [5.74, 6) is 0. The van der Waals surface area contributed by atoms with Crippen LogP contribution in [0.1, 0.15) is 16.5 Å². The molecule has 0 aliphatic heterocycles. The molecular formula is C12H10ClF3N2OS. The summed E-state index contributed by atoms with van der Waals surface area (Å²) >= 11 is 6.22. The van der Waals surface area contributed by atoms with Crippen molar-refractivity contribution in [2.45, 2.75) is 12.3 Å². The van der Waals surface area contributed by atoms with E-state index in [9.17, 15) is 18.3 Å². The molecule has 0 saturated heterocycles. The van der Waals surface area contributed by atoms with E-state index < -0.39 is 17.2 Å². The van der Waals surface area contributed by atoms with Crippen LogP contribution >= 0.6 is 22.9 Å². The molecular weight excluding hydrogens is 313 g/mol. The highest BCUT2D eigenvalue weighted by atomic mass is 35.5. The molecule has 0 amide bonds. The van der Waals surface area contributed by atoms with E-state index in [2.05, 4.69) is 10.3 Å². The Kier molecular flexibility index (Phi) is 4.52. The largest absolute Gasteiger partial charge is 0.427 e. The number of rotatable bonds is 4. The highest BCUT2D eigenvalue weighted by Gasteiger charge is 2.33. The molecule has 2 rings (SSSR count). The molecule has 0 bridgehead atoms. The molecule has 0 saturated carbocycles. The molecule has 8 heteroatoms. The number of hydrogen-bond donors (Lipinski definition) is 2. The van der Waals surface area contributed by atoms with Crippen LogP contribution in [0.15, 0.2) is 30.5 Å². The van der Waals surface area contributed by atoms with E-state index in [1.165, 1.54) is 0 Å². The third-order valence-electron chi connectivity index (χ3n) is 2.49. The molecule has 0 spiro atoms. The first-order valence-electron chi connectivity index (χ1n) is 5.56. The summed E-state index contributed by atoms with van der Waals surface area (Å²) in [6.07, 6.45) is -4.49. The standard InChI is InChI=1S/C12H10ClF3N2OS/c13-8-3-1-7(2-4-8)9(19)5-17-11-18-6-10(20-11)12(14,15)16/h1-4,6,9,19H,5H2,(H,17,18). The van der Waals surface area contributed by atoms with Gasteiger partial charge < -0.3 is 10.4 Å². The van der Waals surface area contributed by atoms with Crippen molar-refractivity contribution < 1.29 is 18.3 Å². The number of nitrogens with zero attached hydrogens (tertiary/aromatic N) is 1. The molecule has 1 aromatic carbocycles. The van der Waals surface area contributed by atoms with Crippen LogP contribution in [0.4, 0.5) is 18.3 Å². The maximum atomic E-state index is 12.4. The molecule has 108 valence electrons. The quantitative estimate of drug-likeness (QED) is 0.895. The van der Waals surface area contributed by atoms with Gasteiger partial charge >= 0.3 is 6.18 Å². The first-order valence-corrected chi connectivity index (χ1v) is 6.76. The highest BCUT2D eigenvalue weighted by Crippen LogP contribution is 2.35. The molecule has 1 heterocycles. The number of benzene rings is 1. The molecule has 20 heavy (non-hydrogen) atoms. The number of hydrogen-bond acceptors (Lipinski definition) is 4. The summed E-state index contributed by atoms with van der Waals surface area (Å²) in [6.45, 7) is 0.0619. The molecule has 0 aliphatic carbocycles. The van der Waals surface area contributed by atoms with E-state index in [1.54, 1.807) is 24.3 Å². The van der Waals surface area contributed by atoms with Crippen molar-refractivity contribution in [1.82, 2.24) is 4.98 Å². The third kappa shape index (κ3) is 3.84. The van der Waals surface area contributed by atoms with Crippen molar-refractivity contribution in [2.75, 3.05) is 11.9 Å².